The molecular formula is C14H18N2S2. The van der Waals surface area contributed by atoms with Gasteiger partial charge >= 0.3 is 0 Å². The number of thioether (sulfide) groups is 1. The summed E-state index contributed by atoms with van der Waals surface area (Å²) < 4.78 is 0. The first-order valence-electron chi connectivity index (χ1n) is 6.15. The molecule has 1 N–H and O–H groups in total. The second-order valence-corrected chi connectivity index (χ2v) is 6.22. The van der Waals surface area contributed by atoms with Crippen LogP contribution in [0.3, 0.4) is 0 Å². The van der Waals surface area contributed by atoms with E-state index in [9.17, 15) is 0 Å². The van der Waals surface area contributed by atoms with E-state index in [0.717, 1.165) is 24.4 Å². The van der Waals surface area contributed by atoms with Crippen LogP contribution in [0.5, 0.6) is 0 Å². The van der Waals surface area contributed by atoms with Crippen LogP contribution in [0.25, 0.3) is 11.3 Å². The monoisotopic (exact) mass is 278 g/mol. The maximum absolute atomic E-state index is 4.67. The summed E-state index contributed by atoms with van der Waals surface area (Å²) in [5, 5.41) is 6.50. The van der Waals surface area contributed by atoms with Crippen molar-refractivity contribution in [1.29, 1.82) is 0 Å². The molecule has 0 unspecified atom stereocenters. The molecule has 0 bridgehead atoms. The van der Waals surface area contributed by atoms with Crippen LogP contribution in [-0.2, 0) is 6.42 Å². The maximum atomic E-state index is 4.67. The highest BCUT2D eigenvalue weighted by Crippen LogP contribution is 2.25. The lowest BCUT2D eigenvalue weighted by atomic mass is 10.2. The van der Waals surface area contributed by atoms with Crippen LogP contribution in [0.1, 0.15) is 11.9 Å². The molecule has 4 heteroatoms. The fourth-order valence-electron chi connectivity index (χ4n) is 1.68. The highest BCUT2D eigenvalue weighted by Gasteiger charge is 2.04. The van der Waals surface area contributed by atoms with Crippen molar-refractivity contribution in [3.63, 3.8) is 0 Å². The minimum atomic E-state index is 0.985. The maximum Gasteiger partial charge on any atom is 0.0945 e. The number of nitrogens with zero attached hydrogens (tertiary/aromatic N) is 1. The van der Waals surface area contributed by atoms with Crippen LogP contribution in [0.15, 0.2) is 34.5 Å². The van der Waals surface area contributed by atoms with Gasteiger partial charge in [-0.25, -0.2) is 4.98 Å². The third-order valence-electron chi connectivity index (χ3n) is 2.60. The van der Waals surface area contributed by atoms with Gasteiger partial charge in [-0.15, -0.1) is 23.1 Å². The molecule has 1 aromatic heterocycles. The Morgan fingerprint density at radius 2 is 2.06 bits per heavy atom. The summed E-state index contributed by atoms with van der Waals surface area (Å²) in [6, 6.07) is 8.68. The summed E-state index contributed by atoms with van der Waals surface area (Å²) in [7, 11) is 1.97. The largest absolute Gasteiger partial charge is 0.319 e. The molecule has 1 aromatic carbocycles. The molecular weight excluding hydrogens is 260 g/mol. The normalized spacial score (nSPS) is 10.8. The summed E-state index contributed by atoms with van der Waals surface area (Å²) in [6.45, 7) is 3.16. The van der Waals surface area contributed by atoms with Crippen molar-refractivity contribution in [2.45, 2.75) is 18.2 Å². The van der Waals surface area contributed by atoms with Crippen molar-refractivity contribution in [2.75, 3.05) is 19.3 Å². The zero-order valence-electron chi connectivity index (χ0n) is 10.8. The molecule has 0 saturated carbocycles. The van der Waals surface area contributed by atoms with Crippen molar-refractivity contribution in [3.8, 4) is 11.3 Å². The van der Waals surface area contributed by atoms with Crippen molar-refractivity contribution < 1.29 is 0 Å². The molecule has 2 rings (SSSR count). The quantitative estimate of drug-likeness (QED) is 0.816. The average Bonchev–Trinajstić information content (AvgIpc) is 2.86. The summed E-state index contributed by atoms with van der Waals surface area (Å²) >= 11 is 3.61. The van der Waals surface area contributed by atoms with E-state index in [-0.39, 0.29) is 0 Å². The summed E-state index contributed by atoms with van der Waals surface area (Å²) in [5.41, 5.74) is 2.31. The Morgan fingerprint density at radius 1 is 1.28 bits per heavy atom. The van der Waals surface area contributed by atoms with Gasteiger partial charge in [0.1, 0.15) is 0 Å². The molecule has 96 valence electrons. The lowest BCUT2D eigenvalue weighted by Gasteiger charge is -2.00. The predicted molar refractivity (Wildman–Crippen MR) is 81.6 cm³/mol. The van der Waals surface area contributed by atoms with Gasteiger partial charge in [0.15, 0.2) is 0 Å². The number of thiazole rings is 1. The van der Waals surface area contributed by atoms with Gasteiger partial charge in [0.2, 0.25) is 0 Å². The lowest BCUT2D eigenvalue weighted by Crippen LogP contribution is -2.09. The van der Waals surface area contributed by atoms with Crippen LogP contribution in [0.4, 0.5) is 0 Å². The second-order valence-electron chi connectivity index (χ2n) is 3.94. The Kier molecular flexibility index (Phi) is 5.23. The third kappa shape index (κ3) is 3.57. The van der Waals surface area contributed by atoms with Crippen LogP contribution >= 0.6 is 23.1 Å². The highest BCUT2D eigenvalue weighted by molar-refractivity contribution is 7.99. The fourth-order valence-corrected chi connectivity index (χ4v) is 3.15. The van der Waals surface area contributed by atoms with Crippen molar-refractivity contribution in [3.05, 3.63) is 34.7 Å². The topological polar surface area (TPSA) is 24.9 Å². The SMILES string of the molecule is CCSc1ccc(-c2csc(CCNC)n2)cc1. The number of nitrogens with one attached hydrogen (secondary N) is 1. The van der Waals surface area contributed by atoms with E-state index >= 15 is 0 Å². The van der Waals surface area contributed by atoms with Gasteiger partial charge in [0.25, 0.3) is 0 Å². The molecule has 2 nitrogen and oxygen atoms in total. The van der Waals surface area contributed by atoms with E-state index in [2.05, 4.69) is 46.9 Å². The van der Waals surface area contributed by atoms with E-state index in [1.54, 1.807) is 11.3 Å². The van der Waals surface area contributed by atoms with Gasteiger partial charge in [-0.05, 0) is 24.9 Å². The molecule has 0 aliphatic carbocycles. The lowest BCUT2D eigenvalue weighted by molar-refractivity contribution is 0.788. The van der Waals surface area contributed by atoms with Gasteiger partial charge in [-0.2, -0.15) is 0 Å². The smallest absolute Gasteiger partial charge is 0.0945 e. The number of hydrogen-bond donors (Lipinski definition) is 1. The van der Waals surface area contributed by atoms with Gasteiger partial charge < -0.3 is 5.32 Å². The Labute approximate surface area is 117 Å². The first kappa shape index (κ1) is 13.6. The van der Waals surface area contributed by atoms with E-state index in [0.29, 0.717) is 0 Å². The molecule has 0 amide bonds. The van der Waals surface area contributed by atoms with Crippen LogP contribution in [0.2, 0.25) is 0 Å². The van der Waals surface area contributed by atoms with Crippen LogP contribution < -0.4 is 5.32 Å². The molecule has 0 spiro atoms. The third-order valence-corrected chi connectivity index (χ3v) is 4.40. The van der Waals surface area contributed by atoms with Crippen molar-refractivity contribution >= 4 is 23.1 Å². The van der Waals surface area contributed by atoms with Gasteiger partial charge in [0, 0.05) is 28.8 Å². The Hall–Kier alpha value is -0.840. The van der Waals surface area contributed by atoms with Gasteiger partial charge in [-0.1, -0.05) is 19.1 Å². The van der Waals surface area contributed by atoms with E-state index < -0.39 is 0 Å². The number of benzene rings is 1. The molecule has 18 heavy (non-hydrogen) atoms. The Balaban J connectivity index is 2.08. The summed E-state index contributed by atoms with van der Waals surface area (Å²) in [6.07, 6.45) is 1.00. The van der Waals surface area contributed by atoms with Crippen molar-refractivity contribution in [2.24, 2.45) is 0 Å². The number of aromatic nitrogens is 1. The molecule has 0 saturated heterocycles. The minimum Gasteiger partial charge on any atom is -0.319 e. The highest BCUT2D eigenvalue weighted by atomic mass is 32.2. The molecule has 2 aromatic rings. The fraction of sp³-hybridized carbons (Fsp3) is 0.357. The second kappa shape index (κ2) is 6.92. The first-order chi connectivity index (χ1) is 8.83. The van der Waals surface area contributed by atoms with Crippen molar-refractivity contribution in [1.82, 2.24) is 10.3 Å². The van der Waals surface area contributed by atoms with Crippen LogP contribution in [0, 0.1) is 0 Å². The Bertz CT molecular complexity index is 477. The number of likely N-dealkylation sites (N-methyl/N-ethyl adjacent to an activating group) is 1. The van der Waals surface area contributed by atoms with Crippen LogP contribution in [-0.4, -0.2) is 24.3 Å². The zero-order valence-corrected chi connectivity index (χ0v) is 12.4. The Morgan fingerprint density at radius 3 is 2.72 bits per heavy atom. The van der Waals surface area contributed by atoms with E-state index in [4.69, 9.17) is 0 Å². The molecule has 0 radical (unpaired) electrons. The standard InChI is InChI=1S/C14H18N2S2/c1-3-17-12-6-4-11(5-7-12)13-10-18-14(16-13)8-9-15-2/h4-7,10,15H,3,8-9H2,1-2H3. The molecule has 0 atom stereocenters. The summed E-state index contributed by atoms with van der Waals surface area (Å²) in [4.78, 5) is 5.99. The molecule has 0 fully saturated rings. The predicted octanol–water partition coefficient (Wildman–Crippen LogP) is 3.68. The molecule has 1 heterocycles. The van der Waals surface area contributed by atoms with E-state index in [1.165, 1.54) is 15.5 Å². The minimum absolute atomic E-state index is 0.985. The molecule has 0 aliphatic heterocycles. The van der Waals surface area contributed by atoms with Gasteiger partial charge in [0.05, 0.1) is 10.7 Å². The number of hydrogen-bond acceptors (Lipinski definition) is 4. The average molecular weight is 278 g/mol. The molecule has 0 aliphatic rings. The number of rotatable bonds is 6. The van der Waals surface area contributed by atoms with Gasteiger partial charge in [-0.3, -0.25) is 0 Å². The van der Waals surface area contributed by atoms with E-state index in [1.807, 2.05) is 18.8 Å². The summed E-state index contributed by atoms with van der Waals surface area (Å²) in [5.74, 6) is 1.12. The first-order valence-corrected chi connectivity index (χ1v) is 8.02. The zero-order chi connectivity index (χ0) is 12.8.